The number of alkyl halides is 3. The fourth-order valence-electron chi connectivity index (χ4n) is 1.12. The molecule has 0 aromatic heterocycles. The Morgan fingerprint density at radius 2 is 1.79 bits per heavy atom. The summed E-state index contributed by atoms with van der Waals surface area (Å²) in [6, 6.07) is 3.85. The molecule has 0 N–H and O–H groups in total. The normalized spacial score (nSPS) is 12.2. The first-order valence-corrected chi connectivity index (χ1v) is 4.57. The van der Waals surface area contributed by atoms with E-state index < -0.39 is 11.7 Å². The minimum Gasteiger partial charge on any atom is -0.166 e. The van der Waals surface area contributed by atoms with Crippen molar-refractivity contribution < 1.29 is 13.2 Å². The van der Waals surface area contributed by atoms with Gasteiger partial charge >= 0.3 is 6.18 Å². The second kappa shape index (κ2) is 3.81. The van der Waals surface area contributed by atoms with Crippen LogP contribution < -0.4 is 0 Å². The number of halogens is 4. The first-order chi connectivity index (χ1) is 6.32. The number of rotatable bonds is 1. The van der Waals surface area contributed by atoms with E-state index in [2.05, 4.69) is 0 Å². The Balaban J connectivity index is 3.15. The lowest BCUT2D eigenvalue weighted by Crippen LogP contribution is -2.06. The average Bonchev–Trinajstić information content (AvgIpc) is 2.01. The Morgan fingerprint density at radius 3 is 2.14 bits per heavy atom. The number of benzene rings is 1. The van der Waals surface area contributed by atoms with Crippen LogP contribution in [0.4, 0.5) is 13.2 Å². The molecular formula is C10H10ClF3. The molecule has 0 amide bonds. The maximum absolute atomic E-state index is 12.3. The van der Waals surface area contributed by atoms with Crippen LogP contribution in [0.15, 0.2) is 18.2 Å². The fourth-order valence-corrected chi connectivity index (χ4v) is 1.42. The van der Waals surface area contributed by atoms with Gasteiger partial charge in [0.2, 0.25) is 0 Å². The van der Waals surface area contributed by atoms with Crippen LogP contribution in [0.1, 0.15) is 30.9 Å². The van der Waals surface area contributed by atoms with E-state index in [1.165, 1.54) is 12.1 Å². The van der Waals surface area contributed by atoms with E-state index in [1.807, 2.05) is 13.8 Å². The van der Waals surface area contributed by atoms with Gasteiger partial charge < -0.3 is 0 Å². The lowest BCUT2D eigenvalue weighted by atomic mass is 10.0. The van der Waals surface area contributed by atoms with Crippen molar-refractivity contribution >= 4 is 11.6 Å². The third-order valence-electron chi connectivity index (χ3n) is 1.97. The first kappa shape index (κ1) is 11.4. The molecule has 78 valence electrons. The SMILES string of the molecule is CC(C)c1ccc(C(F)(F)F)c(Cl)c1. The summed E-state index contributed by atoms with van der Waals surface area (Å²) in [4.78, 5) is 0. The molecule has 1 aromatic rings. The molecule has 0 aliphatic carbocycles. The molecule has 4 heteroatoms. The highest BCUT2D eigenvalue weighted by molar-refractivity contribution is 6.31. The summed E-state index contributed by atoms with van der Waals surface area (Å²) in [6.45, 7) is 3.80. The highest BCUT2D eigenvalue weighted by atomic mass is 35.5. The molecule has 14 heavy (non-hydrogen) atoms. The van der Waals surface area contributed by atoms with E-state index in [1.54, 1.807) is 0 Å². The van der Waals surface area contributed by atoms with Crippen LogP contribution in [-0.4, -0.2) is 0 Å². The molecule has 0 atom stereocenters. The largest absolute Gasteiger partial charge is 0.417 e. The Morgan fingerprint density at radius 1 is 1.21 bits per heavy atom. The summed E-state index contributed by atoms with van der Waals surface area (Å²) in [5, 5.41) is -0.233. The summed E-state index contributed by atoms with van der Waals surface area (Å²) in [5.74, 6) is 0.176. The summed E-state index contributed by atoms with van der Waals surface area (Å²) in [7, 11) is 0. The summed E-state index contributed by atoms with van der Waals surface area (Å²) in [5.41, 5.74) is 0.0339. The predicted molar refractivity (Wildman–Crippen MR) is 50.5 cm³/mol. The fraction of sp³-hybridized carbons (Fsp3) is 0.400. The van der Waals surface area contributed by atoms with Gasteiger partial charge in [0.05, 0.1) is 10.6 Å². The lowest BCUT2D eigenvalue weighted by molar-refractivity contribution is -0.137. The van der Waals surface area contributed by atoms with E-state index >= 15 is 0 Å². The number of hydrogen-bond donors (Lipinski definition) is 0. The van der Waals surface area contributed by atoms with E-state index in [4.69, 9.17) is 11.6 Å². The quantitative estimate of drug-likeness (QED) is 0.657. The summed E-state index contributed by atoms with van der Waals surface area (Å²) in [6.07, 6.45) is -4.37. The molecule has 0 spiro atoms. The third-order valence-corrected chi connectivity index (χ3v) is 2.28. The molecule has 0 saturated carbocycles. The first-order valence-electron chi connectivity index (χ1n) is 4.19. The van der Waals surface area contributed by atoms with Crippen LogP contribution in [0.25, 0.3) is 0 Å². The van der Waals surface area contributed by atoms with Crippen LogP contribution in [0.3, 0.4) is 0 Å². The van der Waals surface area contributed by atoms with Crippen LogP contribution in [0, 0.1) is 0 Å². The molecule has 0 saturated heterocycles. The molecule has 0 fully saturated rings. The van der Waals surface area contributed by atoms with Gasteiger partial charge in [0.15, 0.2) is 0 Å². The van der Waals surface area contributed by atoms with Crippen LogP contribution in [0.5, 0.6) is 0 Å². The molecule has 0 heterocycles. The highest BCUT2D eigenvalue weighted by Crippen LogP contribution is 2.35. The van der Waals surface area contributed by atoms with E-state index in [0.717, 1.165) is 11.6 Å². The van der Waals surface area contributed by atoms with Crippen LogP contribution >= 0.6 is 11.6 Å². The maximum Gasteiger partial charge on any atom is 0.417 e. The topological polar surface area (TPSA) is 0 Å². The smallest absolute Gasteiger partial charge is 0.166 e. The third kappa shape index (κ3) is 2.41. The van der Waals surface area contributed by atoms with E-state index in [9.17, 15) is 13.2 Å². The van der Waals surface area contributed by atoms with Crippen LogP contribution in [0.2, 0.25) is 5.02 Å². The van der Waals surface area contributed by atoms with Gasteiger partial charge in [0.1, 0.15) is 0 Å². The Bertz CT molecular complexity index is 329. The maximum atomic E-state index is 12.3. The summed E-state index contributed by atoms with van der Waals surface area (Å²) < 4.78 is 36.9. The minimum absolute atomic E-state index is 0.176. The van der Waals surface area contributed by atoms with Crippen molar-refractivity contribution in [2.75, 3.05) is 0 Å². The minimum atomic E-state index is -4.37. The molecule has 1 aromatic carbocycles. The standard InChI is InChI=1S/C10H10ClF3/c1-6(2)7-3-4-8(9(11)5-7)10(12,13)14/h3-6H,1-2H3. The van der Waals surface area contributed by atoms with Gasteiger partial charge in [0.25, 0.3) is 0 Å². The second-order valence-electron chi connectivity index (χ2n) is 3.39. The zero-order valence-electron chi connectivity index (χ0n) is 7.82. The van der Waals surface area contributed by atoms with Crippen molar-refractivity contribution in [2.24, 2.45) is 0 Å². The second-order valence-corrected chi connectivity index (χ2v) is 3.80. The van der Waals surface area contributed by atoms with E-state index in [0.29, 0.717) is 0 Å². The summed E-state index contributed by atoms with van der Waals surface area (Å²) >= 11 is 5.54. The highest BCUT2D eigenvalue weighted by Gasteiger charge is 2.33. The Labute approximate surface area is 85.7 Å². The average molecular weight is 223 g/mol. The van der Waals surface area contributed by atoms with Gasteiger partial charge in [-0.2, -0.15) is 13.2 Å². The molecule has 0 nitrogen and oxygen atoms in total. The molecule has 0 aliphatic rings. The molecule has 1 rings (SSSR count). The van der Waals surface area contributed by atoms with Crippen LogP contribution in [-0.2, 0) is 6.18 Å². The van der Waals surface area contributed by atoms with Gasteiger partial charge in [0, 0.05) is 0 Å². The van der Waals surface area contributed by atoms with Crippen molar-refractivity contribution in [1.29, 1.82) is 0 Å². The molecular weight excluding hydrogens is 213 g/mol. The van der Waals surface area contributed by atoms with Gasteiger partial charge in [-0.05, 0) is 23.6 Å². The number of hydrogen-bond acceptors (Lipinski definition) is 0. The van der Waals surface area contributed by atoms with Gasteiger partial charge in [-0.15, -0.1) is 0 Å². The van der Waals surface area contributed by atoms with Gasteiger partial charge in [-0.1, -0.05) is 31.5 Å². The zero-order valence-corrected chi connectivity index (χ0v) is 8.58. The molecule has 0 radical (unpaired) electrons. The lowest BCUT2D eigenvalue weighted by Gasteiger charge is -2.11. The van der Waals surface area contributed by atoms with Crippen molar-refractivity contribution in [3.8, 4) is 0 Å². The predicted octanol–water partition coefficient (Wildman–Crippen LogP) is 4.48. The van der Waals surface area contributed by atoms with Crippen molar-refractivity contribution in [2.45, 2.75) is 25.9 Å². The Hall–Kier alpha value is -0.700. The van der Waals surface area contributed by atoms with Gasteiger partial charge in [-0.3, -0.25) is 0 Å². The Kier molecular flexibility index (Phi) is 3.10. The monoisotopic (exact) mass is 222 g/mol. The van der Waals surface area contributed by atoms with E-state index in [-0.39, 0.29) is 10.9 Å². The van der Waals surface area contributed by atoms with Crippen molar-refractivity contribution in [3.63, 3.8) is 0 Å². The molecule has 0 bridgehead atoms. The molecule has 0 aliphatic heterocycles. The van der Waals surface area contributed by atoms with Crippen molar-refractivity contribution in [1.82, 2.24) is 0 Å². The van der Waals surface area contributed by atoms with Crippen molar-refractivity contribution in [3.05, 3.63) is 34.3 Å². The zero-order chi connectivity index (χ0) is 10.9. The molecule has 0 unspecified atom stereocenters. The van der Waals surface area contributed by atoms with Gasteiger partial charge in [-0.25, -0.2) is 0 Å².